The van der Waals surface area contributed by atoms with Gasteiger partial charge in [0, 0.05) is 16.1 Å². The highest BCUT2D eigenvalue weighted by molar-refractivity contribution is 9.10. The van der Waals surface area contributed by atoms with Crippen molar-refractivity contribution in [2.45, 2.75) is 6.10 Å². The average molecular weight is 358 g/mol. The number of methoxy groups -OCH3 is 2. The Balaban J connectivity index is 2.53. The van der Waals surface area contributed by atoms with E-state index in [-0.39, 0.29) is 0 Å². The first-order valence-corrected chi connectivity index (χ1v) is 7.10. The summed E-state index contributed by atoms with van der Waals surface area (Å²) >= 11 is 9.54. The maximum absolute atomic E-state index is 10.5. The monoisotopic (exact) mass is 356 g/mol. The summed E-state index contributed by atoms with van der Waals surface area (Å²) in [7, 11) is 3.12. The van der Waals surface area contributed by atoms with E-state index in [1.807, 2.05) is 12.1 Å². The maximum atomic E-state index is 10.5. The fourth-order valence-electron chi connectivity index (χ4n) is 2.00. The summed E-state index contributed by atoms with van der Waals surface area (Å²) in [6, 6.07) is 10.7. The Morgan fingerprint density at radius 1 is 1.05 bits per heavy atom. The summed E-state index contributed by atoms with van der Waals surface area (Å²) in [5, 5.41) is 11.1. The highest BCUT2D eigenvalue weighted by Crippen LogP contribution is 2.42. The lowest BCUT2D eigenvalue weighted by atomic mass is 10.0. The zero-order chi connectivity index (χ0) is 14.7. The van der Waals surface area contributed by atoms with Crippen LogP contribution in [0.1, 0.15) is 17.2 Å². The van der Waals surface area contributed by atoms with Crippen molar-refractivity contribution in [1.29, 1.82) is 0 Å². The third kappa shape index (κ3) is 2.77. The molecule has 1 unspecified atom stereocenters. The Bertz CT molecular complexity index is 616. The van der Waals surface area contributed by atoms with Gasteiger partial charge in [0.2, 0.25) is 0 Å². The molecule has 0 aliphatic heterocycles. The minimum Gasteiger partial charge on any atom is -0.495 e. The molecule has 0 radical (unpaired) electrons. The van der Waals surface area contributed by atoms with Crippen molar-refractivity contribution in [3.05, 3.63) is 57.0 Å². The smallest absolute Gasteiger partial charge is 0.142 e. The van der Waals surface area contributed by atoms with E-state index in [0.717, 1.165) is 0 Å². The lowest BCUT2D eigenvalue weighted by Gasteiger charge is -2.18. The fraction of sp³-hybridized carbons (Fsp3) is 0.200. The number of benzene rings is 2. The van der Waals surface area contributed by atoms with Crippen LogP contribution in [0.25, 0.3) is 0 Å². The molecule has 0 aromatic heterocycles. The van der Waals surface area contributed by atoms with E-state index < -0.39 is 6.10 Å². The molecule has 0 fully saturated rings. The predicted molar refractivity (Wildman–Crippen MR) is 82.8 cm³/mol. The lowest BCUT2D eigenvalue weighted by molar-refractivity contribution is 0.214. The number of rotatable bonds is 4. The van der Waals surface area contributed by atoms with Gasteiger partial charge in [-0.05, 0) is 34.1 Å². The number of hydrogen-bond donors (Lipinski definition) is 1. The molecule has 1 atom stereocenters. The summed E-state index contributed by atoms with van der Waals surface area (Å²) in [4.78, 5) is 0. The standard InChI is InChI=1S/C15H14BrClO3/c1-19-12-8-7-10(15(20-2)13(12)16)14(18)9-5-3-4-6-11(9)17/h3-8,14,18H,1-2H3. The Kier molecular flexibility index (Phi) is 4.91. The third-order valence-electron chi connectivity index (χ3n) is 3.01. The van der Waals surface area contributed by atoms with Crippen molar-refractivity contribution in [3.63, 3.8) is 0 Å². The molecule has 0 saturated carbocycles. The van der Waals surface area contributed by atoms with E-state index in [9.17, 15) is 5.11 Å². The Morgan fingerprint density at radius 3 is 2.35 bits per heavy atom. The number of aliphatic hydroxyl groups excluding tert-OH is 1. The van der Waals surface area contributed by atoms with Crippen molar-refractivity contribution in [2.75, 3.05) is 14.2 Å². The van der Waals surface area contributed by atoms with Crippen molar-refractivity contribution in [2.24, 2.45) is 0 Å². The largest absolute Gasteiger partial charge is 0.495 e. The van der Waals surface area contributed by atoms with Crippen LogP contribution in [-0.4, -0.2) is 19.3 Å². The van der Waals surface area contributed by atoms with E-state index >= 15 is 0 Å². The quantitative estimate of drug-likeness (QED) is 0.891. The van der Waals surface area contributed by atoms with Crippen LogP contribution in [0, 0.1) is 0 Å². The molecule has 0 saturated heterocycles. The molecule has 106 valence electrons. The molecule has 0 aliphatic rings. The number of aliphatic hydroxyl groups is 1. The van der Waals surface area contributed by atoms with E-state index in [0.29, 0.717) is 32.1 Å². The molecule has 0 amide bonds. The van der Waals surface area contributed by atoms with E-state index in [1.165, 1.54) is 0 Å². The van der Waals surface area contributed by atoms with E-state index in [2.05, 4.69) is 15.9 Å². The summed E-state index contributed by atoms with van der Waals surface area (Å²) in [6.45, 7) is 0. The van der Waals surface area contributed by atoms with Crippen LogP contribution in [0.3, 0.4) is 0 Å². The number of hydrogen-bond acceptors (Lipinski definition) is 3. The zero-order valence-corrected chi connectivity index (χ0v) is 13.4. The second-order valence-electron chi connectivity index (χ2n) is 4.13. The lowest BCUT2D eigenvalue weighted by Crippen LogP contribution is -2.04. The molecule has 0 spiro atoms. The number of halogens is 2. The van der Waals surface area contributed by atoms with E-state index in [4.69, 9.17) is 21.1 Å². The van der Waals surface area contributed by atoms with Gasteiger partial charge >= 0.3 is 0 Å². The van der Waals surface area contributed by atoms with Crippen molar-refractivity contribution in [3.8, 4) is 11.5 Å². The second kappa shape index (κ2) is 6.48. The van der Waals surface area contributed by atoms with Crippen LogP contribution in [0.4, 0.5) is 0 Å². The Labute approximate surface area is 131 Å². The molecule has 20 heavy (non-hydrogen) atoms. The number of ether oxygens (including phenoxy) is 2. The summed E-state index contributed by atoms with van der Waals surface area (Å²) < 4.78 is 11.2. The molecule has 0 aliphatic carbocycles. The van der Waals surface area contributed by atoms with Crippen LogP contribution < -0.4 is 9.47 Å². The SMILES string of the molecule is COc1ccc(C(O)c2ccccc2Cl)c(OC)c1Br. The summed E-state index contributed by atoms with van der Waals surface area (Å²) in [5.41, 5.74) is 1.25. The first-order valence-electron chi connectivity index (χ1n) is 5.93. The predicted octanol–water partition coefficient (Wildman–Crippen LogP) is 4.20. The van der Waals surface area contributed by atoms with Gasteiger partial charge in [0.05, 0.1) is 14.2 Å². The minimum atomic E-state index is -0.874. The van der Waals surface area contributed by atoms with Gasteiger partial charge in [0.15, 0.2) is 0 Å². The van der Waals surface area contributed by atoms with Gasteiger partial charge in [-0.1, -0.05) is 29.8 Å². The Hall–Kier alpha value is -1.23. The summed E-state index contributed by atoms with van der Waals surface area (Å²) in [5.74, 6) is 1.16. The third-order valence-corrected chi connectivity index (χ3v) is 4.11. The molecule has 1 N–H and O–H groups in total. The van der Waals surface area contributed by atoms with Gasteiger partial charge in [-0.25, -0.2) is 0 Å². The van der Waals surface area contributed by atoms with Crippen LogP contribution in [0.5, 0.6) is 11.5 Å². The van der Waals surface area contributed by atoms with Crippen LogP contribution in [0.15, 0.2) is 40.9 Å². The van der Waals surface area contributed by atoms with Gasteiger partial charge in [-0.15, -0.1) is 0 Å². The van der Waals surface area contributed by atoms with Crippen LogP contribution in [0.2, 0.25) is 5.02 Å². The zero-order valence-electron chi connectivity index (χ0n) is 11.1. The van der Waals surface area contributed by atoms with Crippen molar-refractivity contribution < 1.29 is 14.6 Å². The molecule has 0 heterocycles. The first-order chi connectivity index (χ1) is 9.60. The second-order valence-corrected chi connectivity index (χ2v) is 5.33. The summed E-state index contributed by atoms with van der Waals surface area (Å²) in [6.07, 6.45) is -0.874. The normalized spacial score (nSPS) is 12.1. The molecule has 3 nitrogen and oxygen atoms in total. The van der Waals surface area contributed by atoms with E-state index in [1.54, 1.807) is 38.5 Å². The van der Waals surface area contributed by atoms with Gasteiger partial charge < -0.3 is 14.6 Å². The van der Waals surface area contributed by atoms with Crippen molar-refractivity contribution >= 4 is 27.5 Å². The van der Waals surface area contributed by atoms with Gasteiger partial charge in [0.1, 0.15) is 22.1 Å². The average Bonchev–Trinajstić information content (AvgIpc) is 2.46. The molecule has 5 heteroatoms. The van der Waals surface area contributed by atoms with Crippen LogP contribution >= 0.6 is 27.5 Å². The molecule has 2 rings (SSSR count). The molecular weight excluding hydrogens is 344 g/mol. The molecular formula is C15H14BrClO3. The highest BCUT2D eigenvalue weighted by atomic mass is 79.9. The molecule has 2 aromatic carbocycles. The fourth-order valence-corrected chi connectivity index (χ4v) is 2.92. The first kappa shape index (κ1) is 15.2. The molecule has 2 aromatic rings. The minimum absolute atomic E-state index is 0.508. The Morgan fingerprint density at radius 2 is 1.75 bits per heavy atom. The van der Waals surface area contributed by atoms with Crippen LogP contribution in [-0.2, 0) is 0 Å². The van der Waals surface area contributed by atoms with Gasteiger partial charge in [-0.3, -0.25) is 0 Å². The van der Waals surface area contributed by atoms with Gasteiger partial charge in [-0.2, -0.15) is 0 Å². The molecule has 0 bridgehead atoms. The van der Waals surface area contributed by atoms with Gasteiger partial charge in [0.25, 0.3) is 0 Å². The highest BCUT2D eigenvalue weighted by Gasteiger charge is 2.21. The van der Waals surface area contributed by atoms with Crippen molar-refractivity contribution in [1.82, 2.24) is 0 Å². The maximum Gasteiger partial charge on any atom is 0.142 e. The topological polar surface area (TPSA) is 38.7 Å².